The second-order valence-corrected chi connectivity index (χ2v) is 9.11. The summed E-state index contributed by atoms with van der Waals surface area (Å²) in [5.41, 5.74) is 10.9. The van der Waals surface area contributed by atoms with Crippen molar-refractivity contribution in [1.82, 2.24) is 0 Å². The molecule has 0 heterocycles. The molecule has 164 valence electrons. The maximum absolute atomic E-state index is 12.3. The first-order valence-electron chi connectivity index (χ1n) is 8.35. The Labute approximate surface area is 174 Å². The van der Waals surface area contributed by atoms with Crippen molar-refractivity contribution >= 4 is 26.2 Å². The molecule has 0 amide bonds. The minimum Gasteiger partial charge on any atom is -0.490 e. The van der Waals surface area contributed by atoms with Gasteiger partial charge in [0, 0.05) is 12.3 Å². The third-order valence-corrected chi connectivity index (χ3v) is 5.19. The highest BCUT2D eigenvalue weighted by Gasteiger charge is 2.22. The van der Waals surface area contributed by atoms with Crippen molar-refractivity contribution < 1.29 is 34.8 Å². The topological polar surface area (TPSA) is 170 Å². The van der Waals surface area contributed by atoms with Crippen molar-refractivity contribution in [2.75, 3.05) is 19.5 Å². The first kappa shape index (κ1) is 23.1. The lowest BCUT2D eigenvalue weighted by atomic mass is 10.2. The van der Waals surface area contributed by atoms with Crippen LogP contribution >= 0.6 is 0 Å². The van der Waals surface area contributed by atoms with Gasteiger partial charge in [0.1, 0.15) is 23.0 Å². The number of ether oxygens (including phenoxy) is 1. The maximum Gasteiger partial charge on any atom is 0.501 e. The lowest BCUT2D eigenvalue weighted by Crippen LogP contribution is -2.23. The molecule has 0 atom stereocenters. The van der Waals surface area contributed by atoms with Crippen molar-refractivity contribution in [3.63, 3.8) is 0 Å². The second-order valence-electron chi connectivity index (χ2n) is 5.97. The van der Waals surface area contributed by atoms with Gasteiger partial charge in [-0.1, -0.05) is 12.1 Å². The normalized spacial score (nSPS) is 11.4. The van der Waals surface area contributed by atoms with Crippen LogP contribution in [0.15, 0.2) is 52.5 Å². The number of nitrogens with two attached hydrogens (primary N) is 2. The van der Waals surface area contributed by atoms with Gasteiger partial charge in [0.05, 0.1) is 0 Å². The summed E-state index contributed by atoms with van der Waals surface area (Å²) in [6, 6.07) is 9.70. The van der Waals surface area contributed by atoms with Crippen LogP contribution in [0.2, 0.25) is 0 Å². The molecule has 13 heteroatoms. The number of hydrogen-bond donors (Lipinski definition) is 2. The molecule has 0 saturated carbocycles. The monoisotopic (exact) mass is 459 g/mol. The Morgan fingerprint density at radius 2 is 1.63 bits per heavy atom. The zero-order valence-corrected chi connectivity index (χ0v) is 17.8. The third kappa shape index (κ3) is 7.33. The minimum atomic E-state index is -4.63. The highest BCUT2D eigenvalue weighted by atomic mass is 32.3. The summed E-state index contributed by atoms with van der Waals surface area (Å²) in [6.07, 6.45) is 0.934. The standard InChI is InChI=1S/C17H21N3O8S2/c1-12-9-13(25-7-8-26-20-17(18)19)11-14(10-12)27-30(23,24)28-15-5-3-4-6-16(15)29(2,21)22/h3-6,9-11H,7-8H2,1-2H3,(H4,18,19,20). The molecule has 0 bridgehead atoms. The number of benzene rings is 2. The molecule has 0 aliphatic carbocycles. The lowest BCUT2D eigenvalue weighted by Gasteiger charge is -2.12. The summed E-state index contributed by atoms with van der Waals surface area (Å²) in [4.78, 5) is 4.49. The van der Waals surface area contributed by atoms with Crippen molar-refractivity contribution in [2.45, 2.75) is 11.8 Å². The molecular weight excluding hydrogens is 438 g/mol. The quantitative estimate of drug-likeness (QED) is 0.223. The van der Waals surface area contributed by atoms with Gasteiger partial charge in [-0.3, -0.25) is 0 Å². The number of rotatable bonds is 10. The molecule has 0 saturated heterocycles. The Kier molecular flexibility index (Phi) is 7.34. The Bertz CT molecular complexity index is 1130. The van der Waals surface area contributed by atoms with Gasteiger partial charge in [-0.05, 0) is 41.9 Å². The Morgan fingerprint density at radius 1 is 0.967 bits per heavy atom. The molecule has 0 unspecified atom stereocenters. The molecule has 4 N–H and O–H groups in total. The molecule has 0 aliphatic rings. The number of hydrogen-bond acceptors (Lipinski definition) is 9. The van der Waals surface area contributed by atoms with Crippen molar-refractivity contribution in [1.29, 1.82) is 0 Å². The summed E-state index contributed by atoms with van der Waals surface area (Å²) in [6.45, 7) is 1.82. The van der Waals surface area contributed by atoms with E-state index in [4.69, 9.17) is 29.4 Å². The van der Waals surface area contributed by atoms with E-state index in [-0.39, 0.29) is 35.6 Å². The first-order chi connectivity index (χ1) is 14.0. The number of para-hydroxylation sites is 1. The highest BCUT2D eigenvalue weighted by molar-refractivity contribution is 7.90. The van der Waals surface area contributed by atoms with E-state index in [9.17, 15) is 16.8 Å². The van der Waals surface area contributed by atoms with Crippen molar-refractivity contribution in [3.05, 3.63) is 48.0 Å². The fourth-order valence-electron chi connectivity index (χ4n) is 2.23. The SMILES string of the molecule is Cc1cc(OCCON=C(N)N)cc(OS(=O)(=O)Oc2ccccc2S(C)(=O)=O)c1. The van der Waals surface area contributed by atoms with E-state index in [1.54, 1.807) is 13.0 Å². The smallest absolute Gasteiger partial charge is 0.490 e. The van der Waals surface area contributed by atoms with E-state index in [1.807, 2.05) is 0 Å². The number of oxime groups is 1. The van der Waals surface area contributed by atoms with E-state index >= 15 is 0 Å². The van der Waals surface area contributed by atoms with E-state index in [2.05, 4.69) is 5.16 Å². The second kappa shape index (κ2) is 9.54. The highest BCUT2D eigenvalue weighted by Crippen LogP contribution is 2.27. The fraction of sp³-hybridized carbons (Fsp3) is 0.235. The number of sulfone groups is 1. The third-order valence-electron chi connectivity index (χ3n) is 3.28. The molecule has 2 rings (SSSR count). The Balaban J connectivity index is 2.12. The van der Waals surface area contributed by atoms with E-state index in [0.717, 1.165) is 6.26 Å². The summed E-state index contributed by atoms with van der Waals surface area (Å²) in [5, 5.41) is 3.33. The van der Waals surface area contributed by atoms with E-state index in [0.29, 0.717) is 11.3 Å². The number of guanidine groups is 1. The first-order valence-corrected chi connectivity index (χ1v) is 11.6. The molecule has 2 aromatic rings. The predicted molar refractivity (Wildman–Crippen MR) is 108 cm³/mol. The van der Waals surface area contributed by atoms with Crippen LogP contribution in [0, 0.1) is 6.92 Å². The largest absolute Gasteiger partial charge is 0.501 e. The van der Waals surface area contributed by atoms with Gasteiger partial charge < -0.3 is 29.4 Å². The van der Waals surface area contributed by atoms with Crippen LogP contribution in [0.1, 0.15) is 5.56 Å². The van der Waals surface area contributed by atoms with Crippen LogP contribution in [0.25, 0.3) is 0 Å². The molecule has 30 heavy (non-hydrogen) atoms. The number of nitrogens with zero attached hydrogens (tertiary/aromatic N) is 1. The average molecular weight is 460 g/mol. The molecule has 0 aliphatic heterocycles. The number of aryl methyl sites for hydroxylation is 1. The van der Waals surface area contributed by atoms with Crippen molar-refractivity contribution in [2.24, 2.45) is 16.6 Å². The van der Waals surface area contributed by atoms with Crippen LogP contribution in [-0.2, 0) is 25.1 Å². The molecule has 0 spiro atoms. The fourth-order valence-corrected chi connectivity index (χ4v) is 3.82. The Morgan fingerprint density at radius 3 is 2.30 bits per heavy atom. The predicted octanol–water partition coefficient (Wildman–Crippen LogP) is 0.685. The van der Waals surface area contributed by atoms with Gasteiger partial charge in [0.2, 0.25) is 5.96 Å². The van der Waals surface area contributed by atoms with Gasteiger partial charge in [-0.15, -0.1) is 8.42 Å². The summed E-state index contributed by atoms with van der Waals surface area (Å²) < 4.78 is 63.4. The van der Waals surface area contributed by atoms with Crippen LogP contribution in [0.3, 0.4) is 0 Å². The molecule has 11 nitrogen and oxygen atoms in total. The van der Waals surface area contributed by atoms with Crippen LogP contribution < -0.4 is 24.6 Å². The maximum atomic E-state index is 12.3. The van der Waals surface area contributed by atoms with Gasteiger partial charge in [0.25, 0.3) is 0 Å². The minimum absolute atomic E-state index is 0.0473. The zero-order valence-electron chi connectivity index (χ0n) is 16.1. The van der Waals surface area contributed by atoms with Crippen molar-refractivity contribution in [3.8, 4) is 17.2 Å². The van der Waals surface area contributed by atoms with Gasteiger partial charge in [-0.2, -0.15) is 0 Å². The van der Waals surface area contributed by atoms with Gasteiger partial charge in [0.15, 0.2) is 22.2 Å². The molecule has 0 aromatic heterocycles. The zero-order chi connectivity index (χ0) is 22.4. The van der Waals surface area contributed by atoms with Crippen LogP contribution in [0.4, 0.5) is 0 Å². The Hall–Kier alpha value is -3.19. The van der Waals surface area contributed by atoms with E-state index in [1.165, 1.54) is 36.4 Å². The van der Waals surface area contributed by atoms with Crippen LogP contribution in [0.5, 0.6) is 17.2 Å². The molecule has 2 aromatic carbocycles. The molecular formula is C17H21N3O8S2. The van der Waals surface area contributed by atoms with E-state index < -0.39 is 20.2 Å². The summed E-state index contributed by atoms with van der Waals surface area (Å²) >= 11 is 0. The van der Waals surface area contributed by atoms with Crippen LogP contribution in [-0.4, -0.2) is 42.3 Å². The lowest BCUT2D eigenvalue weighted by molar-refractivity contribution is 0.106. The molecule has 0 fully saturated rings. The van der Waals surface area contributed by atoms with Gasteiger partial charge >= 0.3 is 10.4 Å². The molecule has 0 radical (unpaired) electrons. The van der Waals surface area contributed by atoms with Gasteiger partial charge in [-0.25, -0.2) is 8.42 Å². The summed E-state index contributed by atoms with van der Waals surface area (Å²) in [7, 11) is -8.35. The summed E-state index contributed by atoms with van der Waals surface area (Å²) in [5.74, 6) is -0.401. The average Bonchev–Trinajstić information content (AvgIpc) is 2.59.